The minimum atomic E-state index is 0.102. The van der Waals surface area contributed by atoms with Gasteiger partial charge in [-0.15, -0.1) is 0 Å². The first kappa shape index (κ1) is 16.4. The van der Waals surface area contributed by atoms with Crippen molar-refractivity contribution in [3.8, 4) is 5.75 Å². The molecular weight excluding hydrogens is 318 g/mol. The van der Waals surface area contributed by atoms with Crippen LogP contribution in [0.25, 0.3) is 0 Å². The maximum atomic E-state index is 10.8. The highest BCUT2D eigenvalue weighted by Crippen LogP contribution is 2.16. The molecule has 7 heteroatoms. The minimum absolute atomic E-state index is 0.102. The van der Waals surface area contributed by atoms with E-state index in [9.17, 15) is 4.79 Å². The van der Waals surface area contributed by atoms with Crippen molar-refractivity contribution in [2.45, 2.75) is 13.5 Å². The molecule has 3 aromatic rings. The average Bonchev–Trinajstić information content (AvgIpc) is 2.62. The topological polar surface area (TPSA) is 103 Å². The summed E-state index contributed by atoms with van der Waals surface area (Å²) in [5.74, 6) is 1.39. The number of carbonyl (C=O) groups is 1. The molecule has 3 rings (SSSR count). The second-order valence-electron chi connectivity index (χ2n) is 5.40. The van der Waals surface area contributed by atoms with Gasteiger partial charge in [-0.2, -0.15) is 15.0 Å². The smallest absolute Gasteiger partial charge is 0.232 e. The van der Waals surface area contributed by atoms with Crippen molar-refractivity contribution in [3.63, 3.8) is 0 Å². The first-order chi connectivity index (χ1) is 12.1. The van der Waals surface area contributed by atoms with E-state index in [0.717, 1.165) is 17.5 Å². The number of nitrogens with two attached hydrogens (primary N) is 1. The molecule has 0 amide bonds. The lowest BCUT2D eigenvalue weighted by atomic mass is 10.2. The van der Waals surface area contributed by atoms with Crippen LogP contribution >= 0.6 is 0 Å². The number of aryl methyl sites for hydroxylation is 1. The summed E-state index contributed by atoms with van der Waals surface area (Å²) in [5.41, 5.74) is 8.29. The maximum Gasteiger partial charge on any atom is 0.232 e. The monoisotopic (exact) mass is 335 g/mol. The summed E-state index contributed by atoms with van der Waals surface area (Å²) in [6.45, 7) is 2.12. The zero-order chi connectivity index (χ0) is 17.6. The van der Waals surface area contributed by atoms with E-state index in [4.69, 9.17) is 10.5 Å². The lowest BCUT2D eigenvalue weighted by Crippen LogP contribution is -2.09. The Morgan fingerprint density at radius 2 is 1.92 bits per heavy atom. The summed E-state index contributed by atoms with van der Waals surface area (Å²) in [6.07, 6.45) is 0.761. The molecule has 0 aliphatic carbocycles. The molecule has 2 aromatic carbocycles. The lowest BCUT2D eigenvalue weighted by Gasteiger charge is -2.09. The van der Waals surface area contributed by atoms with Crippen molar-refractivity contribution >= 4 is 23.9 Å². The third-order valence-corrected chi connectivity index (χ3v) is 3.37. The van der Waals surface area contributed by atoms with Crippen molar-refractivity contribution in [2.24, 2.45) is 0 Å². The van der Waals surface area contributed by atoms with Crippen molar-refractivity contribution < 1.29 is 9.53 Å². The normalized spacial score (nSPS) is 10.3. The standard InChI is InChI=1S/C18H17N5O2/c1-12-5-7-14(8-6-12)20-18-22-16(21-17(19)23-18)11-25-15-4-2-3-13(9-15)10-24/h2-10H,11H2,1H3,(H3,19,20,21,22,23). The molecule has 0 fully saturated rings. The van der Waals surface area contributed by atoms with Gasteiger partial charge in [0.25, 0.3) is 0 Å². The number of nitrogen functional groups attached to an aromatic ring is 1. The van der Waals surface area contributed by atoms with Gasteiger partial charge in [0.15, 0.2) is 5.82 Å². The highest BCUT2D eigenvalue weighted by molar-refractivity contribution is 5.75. The molecule has 0 radical (unpaired) electrons. The molecule has 0 saturated heterocycles. The fourth-order valence-electron chi connectivity index (χ4n) is 2.15. The Bertz CT molecular complexity index is 881. The van der Waals surface area contributed by atoms with E-state index in [-0.39, 0.29) is 12.6 Å². The molecule has 0 bridgehead atoms. The number of carbonyl (C=O) groups excluding carboxylic acids is 1. The average molecular weight is 335 g/mol. The number of hydrogen-bond donors (Lipinski definition) is 2. The molecule has 25 heavy (non-hydrogen) atoms. The number of ether oxygens (including phenoxy) is 1. The maximum absolute atomic E-state index is 10.8. The number of aldehydes is 1. The van der Waals surface area contributed by atoms with Gasteiger partial charge < -0.3 is 15.8 Å². The number of nitrogens with one attached hydrogen (secondary N) is 1. The molecule has 0 aliphatic heterocycles. The summed E-state index contributed by atoms with van der Waals surface area (Å²) >= 11 is 0. The van der Waals surface area contributed by atoms with E-state index < -0.39 is 0 Å². The summed E-state index contributed by atoms with van der Waals surface area (Å²) in [6, 6.07) is 14.7. The largest absolute Gasteiger partial charge is 0.486 e. The fourth-order valence-corrected chi connectivity index (χ4v) is 2.15. The first-order valence-corrected chi connectivity index (χ1v) is 7.64. The zero-order valence-electron chi connectivity index (χ0n) is 13.6. The molecular formula is C18H17N5O2. The van der Waals surface area contributed by atoms with E-state index in [0.29, 0.717) is 23.1 Å². The summed E-state index contributed by atoms with van der Waals surface area (Å²) < 4.78 is 5.62. The van der Waals surface area contributed by atoms with Crippen molar-refractivity contribution in [3.05, 3.63) is 65.5 Å². The van der Waals surface area contributed by atoms with Gasteiger partial charge in [0.05, 0.1) is 0 Å². The van der Waals surface area contributed by atoms with Gasteiger partial charge in [-0.3, -0.25) is 4.79 Å². The molecule has 1 heterocycles. The highest BCUT2D eigenvalue weighted by atomic mass is 16.5. The molecule has 1 aromatic heterocycles. The quantitative estimate of drug-likeness (QED) is 0.668. The third-order valence-electron chi connectivity index (χ3n) is 3.37. The SMILES string of the molecule is Cc1ccc(Nc2nc(N)nc(COc3cccc(C=O)c3)n2)cc1. The second kappa shape index (κ2) is 7.39. The van der Waals surface area contributed by atoms with Crippen LogP contribution in [0.2, 0.25) is 0 Å². The van der Waals surface area contributed by atoms with Gasteiger partial charge in [-0.1, -0.05) is 29.8 Å². The molecule has 0 saturated carbocycles. The Balaban J connectivity index is 1.72. The van der Waals surface area contributed by atoms with Gasteiger partial charge in [-0.25, -0.2) is 0 Å². The van der Waals surface area contributed by atoms with E-state index in [1.165, 1.54) is 0 Å². The molecule has 0 spiro atoms. The van der Waals surface area contributed by atoms with Crippen LogP contribution in [-0.4, -0.2) is 21.2 Å². The van der Waals surface area contributed by atoms with Crippen LogP contribution in [0.15, 0.2) is 48.5 Å². The molecule has 7 nitrogen and oxygen atoms in total. The molecule has 0 unspecified atom stereocenters. The van der Waals surface area contributed by atoms with Gasteiger partial charge in [-0.05, 0) is 31.2 Å². The number of nitrogens with zero attached hydrogens (tertiary/aromatic N) is 3. The predicted molar refractivity (Wildman–Crippen MR) is 94.9 cm³/mol. The number of anilines is 3. The number of benzene rings is 2. The van der Waals surface area contributed by atoms with Gasteiger partial charge in [0, 0.05) is 11.3 Å². The van der Waals surface area contributed by atoms with Crippen molar-refractivity contribution in [1.82, 2.24) is 15.0 Å². The van der Waals surface area contributed by atoms with Crippen LogP contribution in [0.3, 0.4) is 0 Å². The summed E-state index contributed by atoms with van der Waals surface area (Å²) in [7, 11) is 0. The Morgan fingerprint density at radius 3 is 2.68 bits per heavy atom. The number of rotatable bonds is 6. The third kappa shape index (κ3) is 4.51. The van der Waals surface area contributed by atoms with Gasteiger partial charge >= 0.3 is 0 Å². The summed E-state index contributed by atoms with van der Waals surface area (Å²) in [4.78, 5) is 23.2. The first-order valence-electron chi connectivity index (χ1n) is 7.64. The van der Waals surface area contributed by atoms with E-state index in [1.54, 1.807) is 24.3 Å². The molecule has 0 atom stereocenters. The molecule has 126 valence electrons. The van der Waals surface area contributed by atoms with E-state index in [1.807, 2.05) is 31.2 Å². The van der Waals surface area contributed by atoms with E-state index >= 15 is 0 Å². The van der Waals surface area contributed by atoms with Crippen molar-refractivity contribution in [2.75, 3.05) is 11.1 Å². The van der Waals surface area contributed by atoms with Gasteiger partial charge in [0.2, 0.25) is 11.9 Å². The van der Waals surface area contributed by atoms with Crippen LogP contribution in [-0.2, 0) is 6.61 Å². The van der Waals surface area contributed by atoms with Crippen LogP contribution in [0.4, 0.5) is 17.6 Å². The molecule has 3 N–H and O–H groups in total. The Morgan fingerprint density at radius 1 is 1.12 bits per heavy atom. The summed E-state index contributed by atoms with van der Waals surface area (Å²) in [5, 5.41) is 3.08. The van der Waals surface area contributed by atoms with Crippen molar-refractivity contribution in [1.29, 1.82) is 0 Å². The number of hydrogen-bond acceptors (Lipinski definition) is 7. The predicted octanol–water partition coefficient (Wildman–Crippen LogP) is 2.90. The fraction of sp³-hybridized carbons (Fsp3) is 0.111. The Labute approximate surface area is 144 Å². The Kier molecular flexibility index (Phi) is 4.84. The van der Waals surface area contributed by atoms with Crippen LogP contribution in [0.5, 0.6) is 5.75 Å². The van der Waals surface area contributed by atoms with Crippen LogP contribution in [0.1, 0.15) is 21.7 Å². The second-order valence-corrected chi connectivity index (χ2v) is 5.40. The highest BCUT2D eigenvalue weighted by Gasteiger charge is 2.06. The zero-order valence-corrected chi connectivity index (χ0v) is 13.6. The number of aromatic nitrogens is 3. The molecule has 0 aliphatic rings. The lowest BCUT2D eigenvalue weighted by molar-refractivity contribution is 0.112. The van der Waals surface area contributed by atoms with E-state index in [2.05, 4.69) is 20.3 Å². The van der Waals surface area contributed by atoms with Gasteiger partial charge in [0.1, 0.15) is 18.6 Å². The minimum Gasteiger partial charge on any atom is -0.486 e. The Hall–Kier alpha value is -3.48. The van der Waals surface area contributed by atoms with Crippen LogP contribution < -0.4 is 15.8 Å². The van der Waals surface area contributed by atoms with Crippen LogP contribution in [0, 0.1) is 6.92 Å².